The van der Waals surface area contributed by atoms with Gasteiger partial charge in [-0.05, 0) is 19.3 Å². The molecule has 3 N–H and O–H groups in total. The zero-order chi connectivity index (χ0) is 33.2. The first-order valence-corrected chi connectivity index (χ1v) is 19.2. The van der Waals surface area contributed by atoms with Gasteiger partial charge in [0.05, 0.1) is 25.2 Å². The van der Waals surface area contributed by atoms with Crippen LogP contribution in [0.2, 0.25) is 0 Å². The van der Waals surface area contributed by atoms with Crippen LogP contribution in [0.1, 0.15) is 194 Å². The topological polar surface area (TPSA) is 113 Å². The second-order valence-electron chi connectivity index (χ2n) is 13.4. The van der Waals surface area contributed by atoms with Crippen molar-refractivity contribution < 1.29 is 34.4 Å². The molecule has 0 amide bonds. The van der Waals surface area contributed by atoms with Gasteiger partial charge in [-0.25, -0.2) is 0 Å². The molecule has 0 aromatic carbocycles. The van der Waals surface area contributed by atoms with Gasteiger partial charge in [0.1, 0.15) is 6.61 Å². The lowest BCUT2D eigenvalue weighted by Crippen LogP contribution is -2.33. The number of hydrogen-bond acceptors (Lipinski definition) is 7. The Morgan fingerprint density at radius 1 is 0.556 bits per heavy atom. The number of unbranched alkanes of at least 4 members (excludes halogenated alkanes) is 23. The Hall–Kier alpha value is -1.18. The van der Waals surface area contributed by atoms with Crippen LogP contribution in [0.15, 0.2) is 0 Å². The standard InChI is InChI=1S/C38H74O7/c1-3-5-7-9-11-13-15-17-19-21-23-25-27-29-37(42)44-33-36(32-40)45-38(43)34(30-35(41)31-39)28-26-24-22-20-18-16-14-12-10-8-6-4-2/h34-36,39-41H,3-33H2,1-2H3. The smallest absolute Gasteiger partial charge is 0.309 e. The van der Waals surface area contributed by atoms with E-state index in [-0.39, 0.29) is 19.0 Å². The average Bonchev–Trinajstić information content (AvgIpc) is 3.04. The van der Waals surface area contributed by atoms with Crippen LogP contribution < -0.4 is 0 Å². The molecule has 0 bridgehead atoms. The summed E-state index contributed by atoms with van der Waals surface area (Å²) in [4.78, 5) is 25.1. The number of rotatable bonds is 35. The second-order valence-corrected chi connectivity index (χ2v) is 13.4. The van der Waals surface area contributed by atoms with E-state index in [1.165, 1.54) is 122 Å². The Morgan fingerprint density at radius 3 is 1.36 bits per heavy atom. The summed E-state index contributed by atoms with van der Waals surface area (Å²) < 4.78 is 10.8. The molecule has 268 valence electrons. The third-order valence-electron chi connectivity index (χ3n) is 8.91. The highest BCUT2D eigenvalue weighted by molar-refractivity contribution is 5.73. The molecule has 7 nitrogen and oxygen atoms in total. The summed E-state index contributed by atoms with van der Waals surface area (Å²) in [6, 6.07) is 0. The summed E-state index contributed by atoms with van der Waals surface area (Å²) in [6.45, 7) is 3.47. The van der Waals surface area contributed by atoms with Crippen LogP contribution in [0.25, 0.3) is 0 Å². The number of ether oxygens (including phenoxy) is 2. The van der Waals surface area contributed by atoms with Gasteiger partial charge in [0.15, 0.2) is 6.10 Å². The Balaban J connectivity index is 4.08. The van der Waals surface area contributed by atoms with Crippen LogP contribution >= 0.6 is 0 Å². The lowest BCUT2D eigenvalue weighted by molar-refractivity contribution is -0.166. The molecule has 3 unspecified atom stereocenters. The van der Waals surface area contributed by atoms with Gasteiger partial charge in [-0.2, -0.15) is 0 Å². The van der Waals surface area contributed by atoms with Gasteiger partial charge in [0.25, 0.3) is 0 Å². The van der Waals surface area contributed by atoms with Crippen LogP contribution in [0.5, 0.6) is 0 Å². The molecule has 45 heavy (non-hydrogen) atoms. The van der Waals surface area contributed by atoms with Gasteiger partial charge in [-0.1, -0.05) is 168 Å². The fourth-order valence-electron chi connectivity index (χ4n) is 5.90. The zero-order valence-corrected chi connectivity index (χ0v) is 29.6. The number of esters is 2. The molecule has 0 fully saturated rings. The third kappa shape index (κ3) is 29.9. The SMILES string of the molecule is CCCCCCCCCCCCCCCC(=O)OCC(CO)OC(=O)C(CCCCCCCCCCCCCC)CC(O)CO. The Labute approximate surface area is 277 Å². The normalized spacial score (nSPS) is 13.4. The summed E-state index contributed by atoms with van der Waals surface area (Å²) in [6.07, 6.45) is 29.9. The van der Waals surface area contributed by atoms with Crippen molar-refractivity contribution in [2.75, 3.05) is 19.8 Å². The molecule has 0 radical (unpaired) electrons. The molecule has 0 aromatic heterocycles. The Bertz CT molecular complexity index is 642. The van der Waals surface area contributed by atoms with Crippen molar-refractivity contribution in [1.29, 1.82) is 0 Å². The number of aliphatic hydroxyl groups is 3. The monoisotopic (exact) mass is 643 g/mol. The highest BCUT2D eigenvalue weighted by atomic mass is 16.6. The number of carbonyl (C=O) groups is 2. The summed E-state index contributed by atoms with van der Waals surface area (Å²) in [5, 5.41) is 29.0. The molecular weight excluding hydrogens is 568 g/mol. The zero-order valence-electron chi connectivity index (χ0n) is 29.6. The number of carbonyl (C=O) groups excluding carboxylic acids is 2. The maximum absolute atomic E-state index is 12.9. The van der Waals surface area contributed by atoms with E-state index in [1.54, 1.807) is 0 Å². The molecule has 0 aliphatic heterocycles. The van der Waals surface area contributed by atoms with Crippen molar-refractivity contribution in [3.05, 3.63) is 0 Å². The second kappa shape index (κ2) is 34.2. The first-order chi connectivity index (χ1) is 22.0. The molecule has 0 aliphatic carbocycles. The Morgan fingerprint density at radius 2 is 0.956 bits per heavy atom. The van der Waals surface area contributed by atoms with Gasteiger partial charge < -0.3 is 24.8 Å². The van der Waals surface area contributed by atoms with E-state index >= 15 is 0 Å². The van der Waals surface area contributed by atoms with Crippen molar-refractivity contribution in [3.63, 3.8) is 0 Å². The maximum atomic E-state index is 12.9. The summed E-state index contributed by atoms with van der Waals surface area (Å²) in [5.74, 6) is -1.42. The number of hydrogen-bond donors (Lipinski definition) is 3. The van der Waals surface area contributed by atoms with Crippen molar-refractivity contribution in [1.82, 2.24) is 0 Å². The predicted octanol–water partition coefficient (Wildman–Crippen LogP) is 9.37. The van der Waals surface area contributed by atoms with Crippen LogP contribution in [0.4, 0.5) is 0 Å². The van der Waals surface area contributed by atoms with E-state index in [0.717, 1.165) is 38.5 Å². The molecule has 0 rings (SSSR count). The lowest BCUT2D eigenvalue weighted by Gasteiger charge is -2.22. The van der Waals surface area contributed by atoms with Crippen molar-refractivity contribution in [3.8, 4) is 0 Å². The molecule has 3 atom stereocenters. The van der Waals surface area contributed by atoms with Crippen LogP contribution in [-0.2, 0) is 19.1 Å². The van der Waals surface area contributed by atoms with E-state index in [9.17, 15) is 24.9 Å². The first-order valence-electron chi connectivity index (χ1n) is 19.2. The van der Waals surface area contributed by atoms with Crippen LogP contribution in [-0.4, -0.2) is 59.3 Å². The highest BCUT2D eigenvalue weighted by Crippen LogP contribution is 2.20. The maximum Gasteiger partial charge on any atom is 0.309 e. The minimum atomic E-state index is -0.995. The number of aliphatic hydroxyl groups excluding tert-OH is 3. The molecule has 7 heteroatoms. The largest absolute Gasteiger partial charge is 0.462 e. The van der Waals surface area contributed by atoms with Crippen molar-refractivity contribution >= 4 is 11.9 Å². The molecule has 0 spiro atoms. The highest BCUT2D eigenvalue weighted by Gasteiger charge is 2.26. The molecule has 0 heterocycles. The van der Waals surface area contributed by atoms with Crippen LogP contribution in [0.3, 0.4) is 0 Å². The Kier molecular flexibility index (Phi) is 33.3. The predicted molar refractivity (Wildman–Crippen MR) is 185 cm³/mol. The minimum absolute atomic E-state index is 0.115. The van der Waals surface area contributed by atoms with E-state index in [2.05, 4.69) is 13.8 Å². The van der Waals surface area contributed by atoms with E-state index < -0.39 is 37.3 Å². The van der Waals surface area contributed by atoms with Gasteiger partial charge in [0, 0.05) is 6.42 Å². The quantitative estimate of drug-likeness (QED) is 0.0466. The summed E-state index contributed by atoms with van der Waals surface area (Å²) >= 11 is 0. The van der Waals surface area contributed by atoms with Gasteiger partial charge in [-0.3, -0.25) is 9.59 Å². The minimum Gasteiger partial charge on any atom is -0.462 e. The van der Waals surface area contributed by atoms with Crippen molar-refractivity contribution in [2.24, 2.45) is 5.92 Å². The molecule has 0 saturated heterocycles. The third-order valence-corrected chi connectivity index (χ3v) is 8.91. The summed E-state index contributed by atoms with van der Waals surface area (Å²) in [5.41, 5.74) is 0. The van der Waals surface area contributed by atoms with Gasteiger partial charge >= 0.3 is 11.9 Å². The molecular formula is C38H74O7. The van der Waals surface area contributed by atoms with Gasteiger partial charge in [-0.15, -0.1) is 0 Å². The van der Waals surface area contributed by atoms with Gasteiger partial charge in [0.2, 0.25) is 0 Å². The lowest BCUT2D eigenvalue weighted by atomic mass is 9.94. The fraction of sp³-hybridized carbons (Fsp3) is 0.947. The first kappa shape index (κ1) is 43.8. The fourth-order valence-corrected chi connectivity index (χ4v) is 5.90. The van der Waals surface area contributed by atoms with E-state index in [1.807, 2.05) is 0 Å². The van der Waals surface area contributed by atoms with E-state index in [0.29, 0.717) is 12.8 Å². The summed E-state index contributed by atoms with van der Waals surface area (Å²) in [7, 11) is 0. The van der Waals surface area contributed by atoms with Crippen molar-refractivity contribution in [2.45, 2.75) is 206 Å². The van der Waals surface area contributed by atoms with E-state index in [4.69, 9.17) is 9.47 Å². The van der Waals surface area contributed by atoms with Crippen LogP contribution in [0, 0.1) is 5.92 Å². The molecule has 0 aromatic rings. The molecule has 0 saturated carbocycles. The average molecular weight is 643 g/mol. The molecule has 0 aliphatic rings.